The second kappa shape index (κ2) is 5.34. The fraction of sp³-hybridized carbons (Fsp3) is 0.438. The van der Waals surface area contributed by atoms with Gasteiger partial charge in [-0.1, -0.05) is 0 Å². The van der Waals surface area contributed by atoms with Crippen LogP contribution in [0.1, 0.15) is 24.1 Å². The van der Waals surface area contributed by atoms with Crippen LogP contribution in [0.4, 0.5) is 5.69 Å². The minimum atomic E-state index is -1.05. The molecule has 7 heteroatoms. The molecule has 1 aromatic carbocycles. The Balaban J connectivity index is 2.25. The van der Waals surface area contributed by atoms with Gasteiger partial charge in [0.25, 0.3) is 11.6 Å². The molecule has 2 aromatic rings. The number of ether oxygens (including phenoxy) is 1. The number of hydrogen-bond donors (Lipinski definition) is 1. The summed E-state index contributed by atoms with van der Waals surface area (Å²) >= 11 is 0. The quantitative estimate of drug-likeness (QED) is 0.695. The molecule has 0 bridgehead atoms. The third-order valence-electron chi connectivity index (χ3n) is 4.56. The molecule has 7 nitrogen and oxygen atoms in total. The summed E-state index contributed by atoms with van der Waals surface area (Å²) in [7, 11) is 4.93. The average Bonchev–Trinajstić information content (AvgIpc) is 2.92. The Hall–Kier alpha value is -2.41. The van der Waals surface area contributed by atoms with Crippen molar-refractivity contribution >= 4 is 22.5 Å². The van der Waals surface area contributed by atoms with Crippen molar-refractivity contribution in [1.29, 1.82) is 0 Å². The molecule has 1 aliphatic rings. The van der Waals surface area contributed by atoms with Crippen molar-refractivity contribution in [2.45, 2.75) is 24.9 Å². The van der Waals surface area contributed by atoms with Gasteiger partial charge in [-0.2, -0.15) is 0 Å². The summed E-state index contributed by atoms with van der Waals surface area (Å²) in [4.78, 5) is 28.1. The first kappa shape index (κ1) is 15.5. The normalized spacial score (nSPS) is 20.3. The Morgan fingerprint density at radius 3 is 2.78 bits per heavy atom. The average molecular weight is 317 g/mol. The number of nitro benzene ring substituents is 1. The number of carbonyl (C=O) groups is 1. The van der Waals surface area contributed by atoms with E-state index >= 15 is 0 Å². The summed E-state index contributed by atoms with van der Waals surface area (Å²) in [5, 5.41) is 11.8. The number of non-ortho nitro benzene ring substituents is 1. The fourth-order valence-corrected chi connectivity index (χ4v) is 3.46. The van der Waals surface area contributed by atoms with Crippen LogP contribution in [0.25, 0.3) is 10.9 Å². The number of nitrogens with zero attached hydrogens (tertiary/aromatic N) is 2. The molecule has 0 fully saturated rings. The number of carbonyl (C=O) groups excluding carboxylic acids is 1. The molecule has 1 atom stereocenters. The van der Waals surface area contributed by atoms with Crippen LogP contribution in [-0.2, 0) is 21.6 Å². The summed E-state index contributed by atoms with van der Waals surface area (Å²) in [6.07, 6.45) is 2.14. The molecule has 0 saturated carbocycles. The molecule has 0 spiro atoms. The van der Waals surface area contributed by atoms with Gasteiger partial charge in [0.2, 0.25) is 0 Å². The van der Waals surface area contributed by atoms with E-state index in [1.54, 1.807) is 26.2 Å². The van der Waals surface area contributed by atoms with E-state index in [1.165, 1.54) is 18.1 Å². The van der Waals surface area contributed by atoms with Crippen molar-refractivity contribution in [2.24, 2.45) is 0 Å². The Morgan fingerprint density at radius 1 is 1.43 bits per heavy atom. The van der Waals surface area contributed by atoms with Crippen molar-refractivity contribution < 1.29 is 14.5 Å². The Bertz CT molecular complexity index is 796. The zero-order chi connectivity index (χ0) is 16.8. The lowest BCUT2D eigenvalue weighted by molar-refractivity contribution is -0.384. The number of benzene rings is 1. The number of H-pyrrole nitrogens is 1. The third kappa shape index (κ3) is 2.19. The molecule has 122 valence electrons. The van der Waals surface area contributed by atoms with Gasteiger partial charge in [0.05, 0.1) is 10.6 Å². The molecule has 1 heterocycles. The highest BCUT2D eigenvalue weighted by molar-refractivity contribution is 5.93. The molecule has 1 amide bonds. The number of aryl methyl sites for hydroxylation is 1. The van der Waals surface area contributed by atoms with Gasteiger partial charge in [0, 0.05) is 44.2 Å². The molecule has 0 aliphatic heterocycles. The van der Waals surface area contributed by atoms with Crippen LogP contribution in [0.5, 0.6) is 0 Å². The molecule has 1 aromatic heterocycles. The lowest BCUT2D eigenvalue weighted by Gasteiger charge is -2.36. The second-order valence-corrected chi connectivity index (χ2v) is 6.05. The van der Waals surface area contributed by atoms with E-state index in [4.69, 9.17) is 4.74 Å². The second-order valence-electron chi connectivity index (χ2n) is 6.05. The summed E-state index contributed by atoms with van der Waals surface area (Å²) in [5.41, 5.74) is 1.44. The van der Waals surface area contributed by atoms with Gasteiger partial charge >= 0.3 is 0 Å². The zero-order valence-electron chi connectivity index (χ0n) is 13.4. The molecule has 1 unspecified atom stereocenters. The summed E-state index contributed by atoms with van der Waals surface area (Å²) in [6, 6.07) is 4.72. The molecule has 1 N–H and O–H groups in total. The molecule has 0 saturated heterocycles. The predicted molar refractivity (Wildman–Crippen MR) is 85.3 cm³/mol. The third-order valence-corrected chi connectivity index (χ3v) is 4.56. The van der Waals surface area contributed by atoms with Crippen LogP contribution in [0, 0.1) is 10.1 Å². The standard InChI is InChI=1S/C16H19N3O4/c1-18(2)15(20)16(23-3)8-4-5-11-12-9-10(19(21)22)6-7-13(12)17-14(11)16/h6-7,9,17H,4-5,8H2,1-3H3. The van der Waals surface area contributed by atoms with Crippen molar-refractivity contribution in [3.05, 3.63) is 39.6 Å². The summed E-state index contributed by atoms with van der Waals surface area (Å²) in [5.74, 6) is -0.123. The first-order valence-corrected chi connectivity index (χ1v) is 7.47. The first-order chi connectivity index (χ1) is 10.9. The Kier molecular flexibility index (Phi) is 3.60. The number of amides is 1. The monoisotopic (exact) mass is 317 g/mol. The van der Waals surface area contributed by atoms with E-state index in [0.717, 1.165) is 35.0 Å². The van der Waals surface area contributed by atoms with Gasteiger partial charge < -0.3 is 14.6 Å². The maximum Gasteiger partial charge on any atom is 0.270 e. The van der Waals surface area contributed by atoms with E-state index in [-0.39, 0.29) is 11.6 Å². The van der Waals surface area contributed by atoms with Gasteiger partial charge in [0.1, 0.15) is 0 Å². The lowest BCUT2D eigenvalue weighted by atomic mass is 9.81. The van der Waals surface area contributed by atoms with Crippen LogP contribution in [-0.4, -0.2) is 41.9 Å². The highest BCUT2D eigenvalue weighted by Crippen LogP contribution is 2.42. The molecular formula is C16H19N3O4. The van der Waals surface area contributed by atoms with Crippen LogP contribution in [0.15, 0.2) is 18.2 Å². The fourth-order valence-electron chi connectivity index (χ4n) is 3.46. The number of methoxy groups -OCH3 is 1. The Labute approximate surface area is 133 Å². The molecule has 3 rings (SSSR count). The number of aromatic nitrogens is 1. The highest BCUT2D eigenvalue weighted by atomic mass is 16.6. The zero-order valence-corrected chi connectivity index (χ0v) is 13.4. The Morgan fingerprint density at radius 2 is 2.17 bits per heavy atom. The molecule has 23 heavy (non-hydrogen) atoms. The van der Waals surface area contributed by atoms with Gasteiger partial charge in [-0.3, -0.25) is 14.9 Å². The number of rotatable bonds is 3. The van der Waals surface area contributed by atoms with Crippen LogP contribution >= 0.6 is 0 Å². The molecule has 1 aliphatic carbocycles. The van der Waals surface area contributed by atoms with Crippen molar-refractivity contribution in [3.63, 3.8) is 0 Å². The van der Waals surface area contributed by atoms with E-state index in [0.29, 0.717) is 6.42 Å². The van der Waals surface area contributed by atoms with Crippen molar-refractivity contribution in [2.75, 3.05) is 21.2 Å². The van der Waals surface area contributed by atoms with Gasteiger partial charge in [-0.05, 0) is 30.9 Å². The number of nitro groups is 1. The van der Waals surface area contributed by atoms with E-state index in [9.17, 15) is 14.9 Å². The lowest BCUT2D eigenvalue weighted by Crippen LogP contribution is -2.47. The SMILES string of the molecule is COC1(C(=O)N(C)C)CCCc2c1[nH]c1ccc([N+](=O)[O-])cc21. The summed E-state index contributed by atoms with van der Waals surface area (Å²) < 4.78 is 5.68. The predicted octanol–water partition coefficient (Wildman–Crippen LogP) is 2.34. The maximum absolute atomic E-state index is 12.7. The molecular weight excluding hydrogens is 298 g/mol. The number of likely N-dealkylation sites (N-methyl/N-ethyl adjacent to an activating group) is 1. The first-order valence-electron chi connectivity index (χ1n) is 7.47. The van der Waals surface area contributed by atoms with E-state index in [2.05, 4.69) is 4.98 Å². The van der Waals surface area contributed by atoms with Crippen molar-refractivity contribution in [1.82, 2.24) is 9.88 Å². The summed E-state index contributed by atoms with van der Waals surface area (Å²) in [6.45, 7) is 0. The number of fused-ring (bicyclic) bond motifs is 3. The van der Waals surface area contributed by atoms with Crippen LogP contribution in [0.3, 0.4) is 0 Å². The van der Waals surface area contributed by atoms with Gasteiger partial charge in [-0.25, -0.2) is 0 Å². The van der Waals surface area contributed by atoms with Gasteiger partial charge in [-0.15, -0.1) is 0 Å². The smallest absolute Gasteiger partial charge is 0.270 e. The van der Waals surface area contributed by atoms with Crippen LogP contribution in [0.2, 0.25) is 0 Å². The largest absolute Gasteiger partial charge is 0.362 e. The number of nitrogens with one attached hydrogen (secondary N) is 1. The maximum atomic E-state index is 12.7. The topological polar surface area (TPSA) is 88.5 Å². The van der Waals surface area contributed by atoms with Crippen LogP contribution < -0.4 is 0 Å². The van der Waals surface area contributed by atoms with E-state index in [1.807, 2.05) is 0 Å². The van der Waals surface area contributed by atoms with Gasteiger partial charge in [0.15, 0.2) is 5.60 Å². The minimum absolute atomic E-state index is 0.0480. The molecule has 0 radical (unpaired) electrons. The van der Waals surface area contributed by atoms with E-state index < -0.39 is 10.5 Å². The van der Waals surface area contributed by atoms with Crippen molar-refractivity contribution in [3.8, 4) is 0 Å². The number of hydrogen-bond acceptors (Lipinski definition) is 4. The highest BCUT2D eigenvalue weighted by Gasteiger charge is 2.46. The minimum Gasteiger partial charge on any atom is -0.362 e. The number of aromatic amines is 1.